The van der Waals surface area contributed by atoms with Gasteiger partial charge in [0.2, 0.25) is 10.0 Å². The number of nitrogens with one attached hydrogen (secondary N) is 1. The zero-order chi connectivity index (χ0) is 15.3. The molecule has 0 fully saturated rings. The van der Waals surface area contributed by atoms with Crippen LogP contribution in [-0.4, -0.2) is 32.7 Å². The summed E-state index contributed by atoms with van der Waals surface area (Å²) in [7, 11) is -3.87. The molecule has 0 bridgehead atoms. The number of thiocarbonyl (C=S) groups is 1. The summed E-state index contributed by atoms with van der Waals surface area (Å²) in [5, 5.41) is 0.0216. The Kier molecular flexibility index (Phi) is 5.69. The number of hydrogen-bond acceptors (Lipinski definition) is 5. The Bertz CT molecular complexity index is 633. The molecule has 110 valence electrons. The molecule has 7 nitrogen and oxygen atoms in total. The van der Waals surface area contributed by atoms with Crippen molar-refractivity contribution in [3.8, 4) is 0 Å². The molecule has 5 N–H and O–H groups in total. The van der Waals surface area contributed by atoms with E-state index >= 15 is 0 Å². The van der Waals surface area contributed by atoms with Crippen molar-refractivity contribution in [1.29, 1.82) is 0 Å². The van der Waals surface area contributed by atoms with Crippen LogP contribution in [0.25, 0.3) is 0 Å². The summed E-state index contributed by atoms with van der Waals surface area (Å²) < 4.78 is 30.7. The van der Waals surface area contributed by atoms with Gasteiger partial charge in [0.05, 0.1) is 5.02 Å². The van der Waals surface area contributed by atoms with Crippen molar-refractivity contribution in [3.63, 3.8) is 0 Å². The third kappa shape index (κ3) is 4.60. The van der Waals surface area contributed by atoms with Crippen molar-refractivity contribution in [1.82, 2.24) is 4.72 Å². The van der Waals surface area contributed by atoms with E-state index in [-0.39, 0.29) is 28.1 Å². The maximum absolute atomic E-state index is 12.0. The number of nitrogens with two attached hydrogens (primary N) is 2. The van der Waals surface area contributed by atoms with E-state index in [1.807, 2.05) is 0 Å². The van der Waals surface area contributed by atoms with Crippen LogP contribution in [0.1, 0.15) is 5.56 Å². The van der Waals surface area contributed by atoms with Crippen LogP contribution in [-0.2, 0) is 14.8 Å². The number of benzene rings is 1. The van der Waals surface area contributed by atoms with Gasteiger partial charge >= 0.3 is 6.09 Å². The molecular weight excluding hydrogens is 326 g/mol. The van der Waals surface area contributed by atoms with E-state index in [9.17, 15) is 13.2 Å². The summed E-state index contributed by atoms with van der Waals surface area (Å²) in [5.41, 5.74) is 10.5. The van der Waals surface area contributed by atoms with Crippen LogP contribution in [0.5, 0.6) is 0 Å². The quantitative estimate of drug-likeness (QED) is 0.508. The molecule has 10 heteroatoms. The van der Waals surface area contributed by atoms with Crippen molar-refractivity contribution in [2.24, 2.45) is 11.5 Å². The summed E-state index contributed by atoms with van der Waals surface area (Å²) in [6, 6.07) is 4.16. The van der Waals surface area contributed by atoms with Gasteiger partial charge in [-0.25, -0.2) is 17.9 Å². The van der Waals surface area contributed by atoms with Crippen molar-refractivity contribution >= 4 is 44.9 Å². The lowest BCUT2D eigenvalue weighted by molar-refractivity contribution is 0.159. The minimum Gasteiger partial charge on any atom is -0.448 e. The Hall–Kier alpha value is -1.42. The Balaban J connectivity index is 2.89. The average molecular weight is 338 g/mol. The molecule has 0 heterocycles. The zero-order valence-corrected chi connectivity index (χ0v) is 12.5. The van der Waals surface area contributed by atoms with Crippen molar-refractivity contribution < 1.29 is 17.9 Å². The minimum absolute atomic E-state index is 0.0216. The highest BCUT2D eigenvalue weighted by Crippen LogP contribution is 2.22. The van der Waals surface area contributed by atoms with Gasteiger partial charge in [-0.05, 0) is 12.1 Å². The van der Waals surface area contributed by atoms with E-state index in [1.54, 1.807) is 0 Å². The van der Waals surface area contributed by atoms with Gasteiger partial charge in [0.1, 0.15) is 16.5 Å². The first kappa shape index (κ1) is 16.6. The first-order chi connectivity index (χ1) is 9.24. The monoisotopic (exact) mass is 337 g/mol. The third-order valence-electron chi connectivity index (χ3n) is 2.14. The Morgan fingerprint density at radius 1 is 1.40 bits per heavy atom. The summed E-state index contributed by atoms with van der Waals surface area (Å²) in [4.78, 5) is 10.2. The van der Waals surface area contributed by atoms with Gasteiger partial charge in [-0.1, -0.05) is 29.9 Å². The van der Waals surface area contributed by atoms with Gasteiger partial charge in [-0.3, -0.25) is 0 Å². The second-order valence-corrected chi connectivity index (χ2v) is 6.16. The van der Waals surface area contributed by atoms with Crippen LogP contribution in [0.4, 0.5) is 4.79 Å². The fourth-order valence-corrected chi connectivity index (χ4v) is 2.93. The van der Waals surface area contributed by atoms with Crippen LogP contribution in [0, 0.1) is 0 Å². The van der Waals surface area contributed by atoms with E-state index in [2.05, 4.69) is 9.46 Å². The highest BCUT2D eigenvalue weighted by Gasteiger charge is 2.18. The lowest BCUT2D eigenvalue weighted by atomic mass is 10.2. The van der Waals surface area contributed by atoms with E-state index in [0.29, 0.717) is 5.56 Å². The van der Waals surface area contributed by atoms with Gasteiger partial charge in [0.25, 0.3) is 0 Å². The van der Waals surface area contributed by atoms with Crippen LogP contribution in [0.2, 0.25) is 5.02 Å². The number of carbonyl (C=O) groups excluding carboxylic acids is 1. The standard InChI is InChI=1S/C10H12ClN3O4S2/c11-7-2-1-6(9(12)19)5-8(7)20(16,17)14-3-4-18-10(13)15/h1-2,5,14H,3-4H2,(H2,12,19)(H2,13,15). The highest BCUT2D eigenvalue weighted by molar-refractivity contribution is 7.89. The predicted octanol–water partition coefficient (Wildman–Crippen LogP) is 0.348. The van der Waals surface area contributed by atoms with Crippen LogP contribution < -0.4 is 16.2 Å². The van der Waals surface area contributed by atoms with Crippen molar-refractivity contribution in [3.05, 3.63) is 28.8 Å². The molecule has 0 aliphatic rings. The third-order valence-corrected chi connectivity index (χ3v) is 4.32. The lowest BCUT2D eigenvalue weighted by Gasteiger charge is -2.09. The zero-order valence-electron chi connectivity index (χ0n) is 10.1. The van der Waals surface area contributed by atoms with E-state index < -0.39 is 16.1 Å². The number of ether oxygens (including phenoxy) is 1. The molecule has 0 radical (unpaired) electrons. The number of carbonyl (C=O) groups is 1. The van der Waals surface area contributed by atoms with Crippen LogP contribution in [0.15, 0.2) is 23.1 Å². The van der Waals surface area contributed by atoms with Crippen LogP contribution >= 0.6 is 23.8 Å². The van der Waals surface area contributed by atoms with Crippen molar-refractivity contribution in [2.45, 2.75) is 4.90 Å². The van der Waals surface area contributed by atoms with Gasteiger partial charge in [-0.15, -0.1) is 0 Å². The fourth-order valence-electron chi connectivity index (χ4n) is 1.27. The molecule has 0 aliphatic heterocycles. The molecule has 0 aromatic heterocycles. The molecule has 1 aromatic rings. The molecule has 1 rings (SSSR count). The number of primary amides is 1. The average Bonchev–Trinajstić information content (AvgIpc) is 2.34. The number of halogens is 1. The molecule has 0 aliphatic carbocycles. The maximum atomic E-state index is 12.0. The van der Waals surface area contributed by atoms with E-state index in [0.717, 1.165) is 0 Å². The summed E-state index contributed by atoms with van der Waals surface area (Å²) in [6.07, 6.45) is -0.988. The Morgan fingerprint density at radius 2 is 2.05 bits per heavy atom. The molecule has 0 atom stereocenters. The van der Waals surface area contributed by atoms with Gasteiger partial charge in [0, 0.05) is 12.1 Å². The Labute approximate surface area is 126 Å². The normalized spacial score (nSPS) is 11.1. The summed E-state index contributed by atoms with van der Waals surface area (Å²) in [5.74, 6) is 0. The smallest absolute Gasteiger partial charge is 0.404 e. The van der Waals surface area contributed by atoms with E-state index in [1.165, 1.54) is 18.2 Å². The van der Waals surface area contributed by atoms with Crippen molar-refractivity contribution in [2.75, 3.05) is 13.2 Å². The molecule has 0 saturated heterocycles. The summed E-state index contributed by atoms with van der Waals surface area (Å²) in [6.45, 7) is -0.333. The second kappa shape index (κ2) is 6.84. The number of hydrogen-bond donors (Lipinski definition) is 3. The first-order valence-corrected chi connectivity index (χ1v) is 7.52. The number of rotatable bonds is 6. The summed E-state index contributed by atoms with van der Waals surface area (Å²) >= 11 is 10.6. The first-order valence-electron chi connectivity index (χ1n) is 5.25. The molecule has 0 spiro atoms. The van der Waals surface area contributed by atoms with Gasteiger partial charge < -0.3 is 16.2 Å². The van der Waals surface area contributed by atoms with E-state index in [4.69, 9.17) is 35.3 Å². The van der Waals surface area contributed by atoms with Gasteiger partial charge in [0.15, 0.2) is 0 Å². The molecule has 0 unspecified atom stereocenters. The largest absolute Gasteiger partial charge is 0.448 e. The number of sulfonamides is 1. The second-order valence-electron chi connectivity index (χ2n) is 3.57. The Morgan fingerprint density at radius 3 is 2.60 bits per heavy atom. The molecule has 20 heavy (non-hydrogen) atoms. The number of amides is 1. The fraction of sp³-hybridized carbons (Fsp3) is 0.200. The molecule has 1 aromatic carbocycles. The van der Waals surface area contributed by atoms with Gasteiger partial charge in [-0.2, -0.15) is 0 Å². The predicted molar refractivity (Wildman–Crippen MR) is 78.1 cm³/mol. The highest BCUT2D eigenvalue weighted by atomic mass is 35.5. The molecular formula is C10H12ClN3O4S2. The lowest BCUT2D eigenvalue weighted by Crippen LogP contribution is -2.29. The maximum Gasteiger partial charge on any atom is 0.404 e. The molecule has 1 amide bonds. The van der Waals surface area contributed by atoms with Crippen LogP contribution in [0.3, 0.4) is 0 Å². The SMILES string of the molecule is NC(=O)OCCNS(=O)(=O)c1cc(C(N)=S)ccc1Cl. The minimum atomic E-state index is -3.87. The topological polar surface area (TPSA) is 125 Å². The molecule has 0 saturated carbocycles.